The summed E-state index contributed by atoms with van der Waals surface area (Å²) in [6, 6.07) is 3.85. The second kappa shape index (κ2) is 8.13. The van der Waals surface area contributed by atoms with Gasteiger partial charge in [-0.05, 0) is 36.1 Å². The summed E-state index contributed by atoms with van der Waals surface area (Å²) < 4.78 is 16.0. The molecule has 0 saturated heterocycles. The van der Waals surface area contributed by atoms with Crippen molar-refractivity contribution < 1.29 is 14.2 Å². The molecule has 0 atom stereocenters. The summed E-state index contributed by atoms with van der Waals surface area (Å²) >= 11 is 0. The van der Waals surface area contributed by atoms with E-state index in [4.69, 9.17) is 14.2 Å². The van der Waals surface area contributed by atoms with Crippen molar-refractivity contribution in [3.63, 3.8) is 0 Å². The summed E-state index contributed by atoms with van der Waals surface area (Å²) in [5.41, 5.74) is 2.34. The Kier molecular flexibility index (Phi) is 5.90. The van der Waals surface area contributed by atoms with Crippen molar-refractivity contribution >= 4 is 6.08 Å². The van der Waals surface area contributed by atoms with Gasteiger partial charge in [-0.3, -0.25) is 0 Å². The molecule has 1 aliphatic rings. The van der Waals surface area contributed by atoms with Gasteiger partial charge in [0.25, 0.3) is 0 Å². The second-order valence-corrected chi connectivity index (χ2v) is 4.89. The third-order valence-electron chi connectivity index (χ3n) is 3.44. The summed E-state index contributed by atoms with van der Waals surface area (Å²) in [5, 5.41) is 0. The zero-order chi connectivity index (χ0) is 15.8. The monoisotopic (exact) mass is 298 g/mol. The van der Waals surface area contributed by atoms with Gasteiger partial charge in [0.2, 0.25) is 5.75 Å². The molecule has 0 amide bonds. The molecule has 1 aromatic carbocycles. The number of methoxy groups -OCH3 is 3. The van der Waals surface area contributed by atoms with Crippen molar-refractivity contribution in [2.75, 3.05) is 21.3 Å². The van der Waals surface area contributed by atoms with E-state index in [9.17, 15) is 0 Å². The number of hydrogen-bond donors (Lipinski definition) is 0. The molecule has 0 heterocycles. The van der Waals surface area contributed by atoms with Crippen LogP contribution >= 0.6 is 0 Å². The van der Waals surface area contributed by atoms with Gasteiger partial charge < -0.3 is 14.2 Å². The van der Waals surface area contributed by atoms with Crippen molar-refractivity contribution in [1.29, 1.82) is 0 Å². The lowest BCUT2D eigenvalue weighted by molar-refractivity contribution is 0.324. The number of ether oxygens (including phenoxy) is 3. The van der Waals surface area contributed by atoms with Gasteiger partial charge in [-0.2, -0.15) is 0 Å². The van der Waals surface area contributed by atoms with Gasteiger partial charge in [0.15, 0.2) is 11.5 Å². The Labute approximate surface area is 132 Å². The van der Waals surface area contributed by atoms with E-state index in [0.717, 1.165) is 18.4 Å². The van der Waals surface area contributed by atoms with Crippen LogP contribution in [0.15, 0.2) is 54.2 Å². The van der Waals surface area contributed by atoms with Gasteiger partial charge >= 0.3 is 0 Å². The maximum absolute atomic E-state index is 5.35. The molecule has 0 N–H and O–H groups in total. The van der Waals surface area contributed by atoms with Gasteiger partial charge in [-0.25, -0.2) is 0 Å². The predicted molar refractivity (Wildman–Crippen MR) is 90.7 cm³/mol. The highest BCUT2D eigenvalue weighted by Crippen LogP contribution is 2.38. The van der Waals surface area contributed by atoms with Crippen LogP contribution in [0, 0.1) is 0 Å². The van der Waals surface area contributed by atoms with E-state index in [1.54, 1.807) is 21.3 Å². The smallest absolute Gasteiger partial charge is 0.203 e. The topological polar surface area (TPSA) is 27.7 Å². The van der Waals surface area contributed by atoms with E-state index in [1.807, 2.05) is 30.4 Å². The fourth-order valence-corrected chi connectivity index (χ4v) is 2.30. The molecule has 3 heteroatoms. The van der Waals surface area contributed by atoms with Crippen LogP contribution in [0.5, 0.6) is 17.2 Å². The molecular weight excluding hydrogens is 276 g/mol. The summed E-state index contributed by atoms with van der Waals surface area (Å²) in [6.07, 6.45) is 16.9. The summed E-state index contributed by atoms with van der Waals surface area (Å²) in [5.74, 6) is 1.92. The minimum Gasteiger partial charge on any atom is -0.493 e. The molecule has 1 aliphatic carbocycles. The van der Waals surface area contributed by atoms with Crippen LogP contribution in [0.1, 0.15) is 18.4 Å². The minimum atomic E-state index is 0.608. The lowest BCUT2D eigenvalue weighted by Crippen LogP contribution is -1.95. The van der Waals surface area contributed by atoms with E-state index in [1.165, 1.54) is 5.57 Å². The first-order valence-electron chi connectivity index (χ1n) is 7.29. The minimum absolute atomic E-state index is 0.608. The van der Waals surface area contributed by atoms with Crippen molar-refractivity contribution in [2.24, 2.45) is 0 Å². The van der Waals surface area contributed by atoms with Crippen LogP contribution in [-0.2, 0) is 0 Å². The Morgan fingerprint density at radius 3 is 2.14 bits per heavy atom. The summed E-state index contributed by atoms with van der Waals surface area (Å²) in [7, 11) is 4.84. The quantitative estimate of drug-likeness (QED) is 0.721. The SMILES string of the molecule is COc1cc(/C=C/C=C/C2=CC=CCC2)cc(OC)c1OC. The normalized spacial score (nSPS) is 14.4. The molecule has 3 nitrogen and oxygen atoms in total. The van der Waals surface area contributed by atoms with Crippen molar-refractivity contribution in [3.8, 4) is 17.2 Å². The molecule has 0 bridgehead atoms. The fraction of sp³-hybridized carbons (Fsp3) is 0.263. The van der Waals surface area contributed by atoms with Crippen LogP contribution in [0.3, 0.4) is 0 Å². The van der Waals surface area contributed by atoms with E-state index in [2.05, 4.69) is 24.3 Å². The highest BCUT2D eigenvalue weighted by molar-refractivity contribution is 5.62. The lowest BCUT2D eigenvalue weighted by atomic mass is 10.0. The van der Waals surface area contributed by atoms with E-state index in [0.29, 0.717) is 17.2 Å². The van der Waals surface area contributed by atoms with Gasteiger partial charge in [0.05, 0.1) is 21.3 Å². The van der Waals surface area contributed by atoms with Crippen LogP contribution in [0.25, 0.3) is 6.08 Å². The number of hydrogen-bond acceptors (Lipinski definition) is 3. The van der Waals surface area contributed by atoms with Crippen LogP contribution in [-0.4, -0.2) is 21.3 Å². The molecule has 0 saturated carbocycles. The molecule has 0 radical (unpaired) electrons. The van der Waals surface area contributed by atoms with E-state index in [-0.39, 0.29) is 0 Å². The van der Waals surface area contributed by atoms with Crippen LogP contribution in [0.4, 0.5) is 0 Å². The molecule has 0 fully saturated rings. The summed E-state index contributed by atoms with van der Waals surface area (Å²) in [4.78, 5) is 0. The van der Waals surface area contributed by atoms with Crippen LogP contribution < -0.4 is 14.2 Å². The number of rotatable bonds is 6. The largest absolute Gasteiger partial charge is 0.493 e. The van der Waals surface area contributed by atoms with Gasteiger partial charge in [-0.1, -0.05) is 42.5 Å². The average Bonchev–Trinajstić information content (AvgIpc) is 2.58. The molecule has 0 unspecified atom stereocenters. The lowest BCUT2D eigenvalue weighted by Gasteiger charge is -2.12. The molecule has 0 aliphatic heterocycles. The highest BCUT2D eigenvalue weighted by atomic mass is 16.5. The average molecular weight is 298 g/mol. The molecule has 22 heavy (non-hydrogen) atoms. The first-order valence-corrected chi connectivity index (χ1v) is 7.29. The van der Waals surface area contributed by atoms with Gasteiger partial charge in [0.1, 0.15) is 0 Å². The number of allylic oxidation sites excluding steroid dienone is 7. The first kappa shape index (κ1) is 16.0. The molecule has 2 rings (SSSR count). The zero-order valence-electron chi connectivity index (χ0n) is 13.3. The third-order valence-corrected chi connectivity index (χ3v) is 3.44. The molecular formula is C19H22O3. The standard InChI is InChI=1S/C19H22O3/c1-20-17-13-16(14-18(21-2)19(17)22-3)12-8-7-11-15-9-5-4-6-10-15/h4-5,7-9,11-14H,6,10H2,1-3H3/b11-7+,12-8+. The first-order chi connectivity index (χ1) is 10.8. The Hall–Kier alpha value is -2.42. The van der Waals surface area contributed by atoms with Crippen molar-refractivity contribution in [2.45, 2.75) is 12.8 Å². The predicted octanol–water partition coefficient (Wildman–Crippen LogP) is 4.56. The summed E-state index contributed by atoms with van der Waals surface area (Å²) in [6.45, 7) is 0. The van der Waals surface area contributed by atoms with Gasteiger partial charge in [0, 0.05) is 0 Å². The highest BCUT2D eigenvalue weighted by Gasteiger charge is 2.11. The van der Waals surface area contributed by atoms with E-state index < -0.39 is 0 Å². The fourth-order valence-electron chi connectivity index (χ4n) is 2.30. The molecule has 116 valence electrons. The maximum atomic E-state index is 5.35. The zero-order valence-corrected chi connectivity index (χ0v) is 13.3. The van der Waals surface area contributed by atoms with Crippen LogP contribution in [0.2, 0.25) is 0 Å². The Morgan fingerprint density at radius 1 is 0.909 bits per heavy atom. The third kappa shape index (κ3) is 4.04. The Bertz CT molecular complexity index is 597. The Morgan fingerprint density at radius 2 is 1.59 bits per heavy atom. The van der Waals surface area contributed by atoms with Crippen molar-refractivity contribution in [1.82, 2.24) is 0 Å². The number of benzene rings is 1. The second-order valence-electron chi connectivity index (χ2n) is 4.89. The molecule has 0 spiro atoms. The van der Waals surface area contributed by atoms with Gasteiger partial charge in [-0.15, -0.1) is 0 Å². The molecule has 0 aromatic heterocycles. The van der Waals surface area contributed by atoms with E-state index >= 15 is 0 Å². The molecule has 1 aromatic rings. The van der Waals surface area contributed by atoms with Crippen molar-refractivity contribution in [3.05, 3.63) is 59.7 Å². The maximum Gasteiger partial charge on any atom is 0.203 e. The Balaban J connectivity index is 2.15.